The number of hydrogen-bond acceptors (Lipinski definition) is 5. The maximum Gasteiger partial charge on any atom is 0.114 e. The molecule has 1 aliphatic heterocycles. The summed E-state index contributed by atoms with van der Waals surface area (Å²) in [4.78, 5) is 7.16. The van der Waals surface area contributed by atoms with E-state index < -0.39 is 24.4 Å². The Morgan fingerprint density at radius 1 is 1.28 bits per heavy atom. The minimum absolute atomic E-state index is 0.328. The number of para-hydroxylation sites is 1. The normalized spacial score (nSPS) is 32.2. The van der Waals surface area contributed by atoms with Gasteiger partial charge in [0.25, 0.3) is 0 Å². The van der Waals surface area contributed by atoms with Crippen LogP contribution in [-0.4, -0.2) is 50.2 Å². The van der Waals surface area contributed by atoms with Crippen LogP contribution in [0.4, 0.5) is 0 Å². The van der Waals surface area contributed by atoms with E-state index in [1.165, 1.54) is 0 Å². The van der Waals surface area contributed by atoms with Gasteiger partial charge in [-0.1, -0.05) is 12.1 Å². The molecule has 1 aromatic heterocycles. The Kier molecular flexibility index (Phi) is 2.79. The number of hydrogen-bond donors (Lipinski definition) is 4. The van der Waals surface area contributed by atoms with E-state index in [0.717, 1.165) is 5.52 Å². The highest BCUT2D eigenvalue weighted by Gasteiger charge is 2.43. The standard InChI is InChI=1S/C12H14N2O4/c15-4-8-10(16)11(17)12(18-8)6-2-1-3-7-9(6)14-5-13-7/h1-3,5,8,10-12,15-17H,4H2,(H,13,14)/t8-,10-,11+,12+/m1/s1. The molecule has 0 aliphatic carbocycles. The lowest BCUT2D eigenvalue weighted by molar-refractivity contribution is -0.0224. The minimum atomic E-state index is -1.09. The number of aliphatic hydroxyl groups excluding tert-OH is 3. The number of nitrogens with one attached hydrogen (secondary N) is 1. The SMILES string of the molecule is OC[C@H]1O[C@@H](c2cccc3[nH]cnc23)[C@@H](O)[C@@H]1O. The van der Waals surface area contributed by atoms with Gasteiger partial charge < -0.3 is 25.0 Å². The summed E-state index contributed by atoms with van der Waals surface area (Å²) < 4.78 is 5.49. The fourth-order valence-electron chi connectivity index (χ4n) is 2.37. The van der Waals surface area contributed by atoms with Gasteiger partial charge >= 0.3 is 0 Å². The van der Waals surface area contributed by atoms with E-state index in [0.29, 0.717) is 11.1 Å². The molecule has 0 spiro atoms. The maximum absolute atomic E-state index is 9.99. The summed E-state index contributed by atoms with van der Waals surface area (Å²) in [6, 6.07) is 5.49. The number of aliphatic hydroxyl groups is 3. The number of rotatable bonds is 2. The molecule has 6 nitrogen and oxygen atoms in total. The fraction of sp³-hybridized carbons (Fsp3) is 0.417. The highest BCUT2D eigenvalue weighted by Crippen LogP contribution is 2.35. The van der Waals surface area contributed by atoms with Crippen LogP contribution in [-0.2, 0) is 4.74 Å². The Morgan fingerprint density at radius 2 is 2.11 bits per heavy atom. The Labute approximate surface area is 103 Å². The van der Waals surface area contributed by atoms with E-state index in [-0.39, 0.29) is 6.61 Å². The summed E-state index contributed by atoms with van der Waals surface area (Å²) in [6.07, 6.45) is -2.03. The van der Waals surface area contributed by atoms with E-state index in [2.05, 4.69) is 9.97 Å². The number of aromatic nitrogens is 2. The number of H-pyrrole nitrogens is 1. The van der Waals surface area contributed by atoms with Crippen LogP contribution in [0.1, 0.15) is 11.7 Å². The summed E-state index contributed by atoms with van der Waals surface area (Å²) in [7, 11) is 0. The van der Waals surface area contributed by atoms with Gasteiger partial charge in [-0.3, -0.25) is 0 Å². The average Bonchev–Trinajstić information content (AvgIpc) is 2.96. The summed E-state index contributed by atoms with van der Waals surface area (Å²) >= 11 is 0. The zero-order valence-electron chi connectivity index (χ0n) is 9.52. The fourth-order valence-corrected chi connectivity index (χ4v) is 2.37. The van der Waals surface area contributed by atoms with Crippen molar-refractivity contribution >= 4 is 11.0 Å². The van der Waals surface area contributed by atoms with Crippen molar-refractivity contribution < 1.29 is 20.1 Å². The molecule has 96 valence electrons. The van der Waals surface area contributed by atoms with Crippen molar-refractivity contribution in [2.45, 2.75) is 24.4 Å². The zero-order valence-corrected chi connectivity index (χ0v) is 9.52. The van der Waals surface area contributed by atoms with Crippen molar-refractivity contribution in [2.24, 2.45) is 0 Å². The van der Waals surface area contributed by atoms with Crippen LogP contribution in [0.3, 0.4) is 0 Å². The van der Waals surface area contributed by atoms with Crippen LogP contribution in [0.25, 0.3) is 11.0 Å². The van der Waals surface area contributed by atoms with Crippen molar-refractivity contribution in [3.05, 3.63) is 30.1 Å². The second kappa shape index (κ2) is 4.33. The molecule has 18 heavy (non-hydrogen) atoms. The molecule has 0 saturated carbocycles. The molecule has 2 aromatic rings. The number of aromatic amines is 1. The molecule has 6 heteroatoms. The van der Waals surface area contributed by atoms with Crippen molar-refractivity contribution in [3.63, 3.8) is 0 Å². The van der Waals surface area contributed by atoms with Crippen LogP contribution in [0.15, 0.2) is 24.5 Å². The van der Waals surface area contributed by atoms with Crippen LogP contribution in [0.5, 0.6) is 0 Å². The number of ether oxygens (including phenoxy) is 1. The Hall–Kier alpha value is -1.47. The maximum atomic E-state index is 9.99. The number of benzene rings is 1. The molecular formula is C12H14N2O4. The number of imidazole rings is 1. The van der Waals surface area contributed by atoms with Gasteiger partial charge in [0, 0.05) is 5.56 Å². The highest BCUT2D eigenvalue weighted by molar-refractivity contribution is 5.78. The lowest BCUT2D eigenvalue weighted by Crippen LogP contribution is -2.32. The second-order valence-electron chi connectivity index (χ2n) is 4.40. The largest absolute Gasteiger partial charge is 0.394 e. The van der Waals surface area contributed by atoms with Crippen molar-refractivity contribution in [1.82, 2.24) is 9.97 Å². The quantitative estimate of drug-likeness (QED) is 0.587. The van der Waals surface area contributed by atoms with Crippen LogP contribution < -0.4 is 0 Å². The molecule has 0 unspecified atom stereocenters. The number of nitrogens with zero attached hydrogens (tertiary/aromatic N) is 1. The Morgan fingerprint density at radius 3 is 2.83 bits per heavy atom. The molecule has 1 fully saturated rings. The van der Waals surface area contributed by atoms with Crippen LogP contribution >= 0.6 is 0 Å². The van der Waals surface area contributed by atoms with E-state index >= 15 is 0 Å². The Balaban J connectivity index is 2.02. The topological polar surface area (TPSA) is 98.6 Å². The van der Waals surface area contributed by atoms with Gasteiger partial charge in [-0.05, 0) is 6.07 Å². The van der Waals surface area contributed by atoms with Gasteiger partial charge in [0.15, 0.2) is 0 Å². The third-order valence-corrected chi connectivity index (χ3v) is 3.33. The van der Waals surface area contributed by atoms with Crippen molar-refractivity contribution in [1.29, 1.82) is 0 Å². The van der Waals surface area contributed by atoms with Gasteiger partial charge in [-0.15, -0.1) is 0 Å². The molecule has 4 atom stereocenters. The van der Waals surface area contributed by atoms with Gasteiger partial charge in [0.2, 0.25) is 0 Å². The molecule has 1 aliphatic rings. The molecule has 1 aromatic carbocycles. The second-order valence-corrected chi connectivity index (χ2v) is 4.40. The van der Waals surface area contributed by atoms with Crippen molar-refractivity contribution in [3.8, 4) is 0 Å². The first-order valence-electron chi connectivity index (χ1n) is 5.77. The van der Waals surface area contributed by atoms with Gasteiger partial charge in [0.1, 0.15) is 24.4 Å². The van der Waals surface area contributed by atoms with E-state index in [9.17, 15) is 10.2 Å². The van der Waals surface area contributed by atoms with E-state index in [1.807, 2.05) is 12.1 Å². The van der Waals surface area contributed by atoms with E-state index in [4.69, 9.17) is 9.84 Å². The van der Waals surface area contributed by atoms with Crippen molar-refractivity contribution in [2.75, 3.05) is 6.61 Å². The summed E-state index contributed by atoms with van der Waals surface area (Å²) in [5, 5.41) is 28.8. The predicted octanol–water partition coefficient (Wildman–Crippen LogP) is -0.283. The van der Waals surface area contributed by atoms with Crippen LogP contribution in [0.2, 0.25) is 0 Å². The highest BCUT2D eigenvalue weighted by atomic mass is 16.6. The third kappa shape index (κ3) is 1.62. The Bertz CT molecular complexity index is 556. The minimum Gasteiger partial charge on any atom is -0.394 e. The molecule has 0 radical (unpaired) electrons. The first-order valence-corrected chi connectivity index (χ1v) is 5.77. The zero-order chi connectivity index (χ0) is 12.7. The summed E-state index contributed by atoms with van der Waals surface area (Å²) in [5.41, 5.74) is 2.24. The lowest BCUT2D eigenvalue weighted by Gasteiger charge is -2.15. The molecule has 2 heterocycles. The monoisotopic (exact) mass is 250 g/mol. The summed E-state index contributed by atoms with van der Waals surface area (Å²) in [6.45, 7) is -0.328. The van der Waals surface area contributed by atoms with E-state index in [1.54, 1.807) is 12.4 Å². The predicted molar refractivity (Wildman–Crippen MR) is 62.8 cm³/mol. The van der Waals surface area contributed by atoms with Gasteiger partial charge in [0.05, 0.1) is 24.0 Å². The molecule has 4 N–H and O–H groups in total. The van der Waals surface area contributed by atoms with Gasteiger partial charge in [-0.25, -0.2) is 4.98 Å². The first-order chi connectivity index (χ1) is 8.72. The molecule has 0 bridgehead atoms. The molecule has 3 rings (SSSR count). The molecule has 1 saturated heterocycles. The van der Waals surface area contributed by atoms with Crippen LogP contribution in [0, 0.1) is 0 Å². The van der Waals surface area contributed by atoms with Gasteiger partial charge in [-0.2, -0.15) is 0 Å². The molecular weight excluding hydrogens is 236 g/mol. The third-order valence-electron chi connectivity index (χ3n) is 3.33. The molecule has 0 amide bonds. The smallest absolute Gasteiger partial charge is 0.114 e. The number of fused-ring (bicyclic) bond motifs is 1. The first kappa shape index (κ1) is 11.6. The summed E-state index contributed by atoms with van der Waals surface area (Å²) in [5.74, 6) is 0. The average molecular weight is 250 g/mol. The lowest BCUT2D eigenvalue weighted by atomic mass is 10.0.